The lowest BCUT2D eigenvalue weighted by atomic mass is 10.0. The number of ether oxygens (including phenoxy) is 4. The van der Waals surface area contributed by atoms with Crippen molar-refractivity contribution in [3.63, 3.8) is 0 Å². The number of carbonyl (C=O) groups is 3. The van der Waals surface area contributed by atoms with Crippen LogP contribution in [-0.2, 0) is 33.3 Å². The molecule has 0 bridgehead atoms. The van der Waals surface area contributed by atoms with Gasteiger partial charge >= 0.3 is 17.9 Å². The van der Waals surface area contributed by atoms with Crippen molar-refractivity contribution in [1.82, 2.24) is 0 Å². The number of carbonyl (C=O) groups excluding carboxylic acids is 2. The van der Waals surface area contributed by atoms with Gasteiger partial charge in [0.05, 0.1) is 34.4 Å². The average Bonchev–Trinajstić information content (AvgIpc) is 3.74. The zero-order chi connectivity index (χ0) is 65.4. The van der Waals surface area contributed by atoms with Crippen LogP contribution in [0.3, 0.4) is 0 Å². The lowest BCUT2D eigenvalue weighted by molar-refractivity contribution is -0.870. The van der Waals surface area contributed by atoms with E-state index in [1.165, 1.54) is 366 Å². The standard InChI is InChI=1S/C81H157NO8/c1-6-8-10-12-14-16-18-20-22-24-26-28-30-32-34-35-36-37-38-39-40-41-42-43-44-46-47-49-51-53-55-57-59-61-63-65-67-69-71-78(83)88-75-77(76-89-81(80(85)86)87-74-73-82(3,4)5)90-79(84)72-70-68-66-64-62-60-58-56-54-52-50-48-45-33-31-29-27-25-23-21-19-17-15-13-11-9-7-2/h25,27,77,81H,6-24,26,28-76H2,1-5H3/p+1/b27-25-. The van der Waals surface area contributed by atoms with Crippen molar-refractivity contribution >= 4 is 17.9 Å². The molecule has 2 atom stereocenters. The zero-order valence-electron chi connectivity index (χ0n) is 61.4. The van der Waals surface area contributed by atoms with Crippen LogP contribution in [0.4, 0.5) is 0 Å². The van der Waals surface area contributed by atoms with Crippen LogP contribution in [0.15, 0.2) is 12.2 Å². The molecule has 1 N–H and O–H groups in total. The Morgan fingerprint density at radius 3 is 0.822 bits per heavy atom. The number of carboxylic acids is 1. The molecule has 0 radical (unpaired) electrons. The molecule has 0 aromatic heterocycles. The van der Waals surface area contributed by atoms with Crippen LogP contribution in [0.1, 0.15) is 431 Å². The summed E-state index contributed by atoms with van der Waals surface area (Å²) in [5.41, 5.74) is 0. The zero-order valence-corrected chi connectivity index (χ0v) is 61.4. The second kappa shape index (κ2) is 72.9. The Hall–Kier alpha value is -1.97. The van der Waals surface area contributed by atoms with Crippen molar-refractivity contribution in [1.29, 1.82) is 0 Å². The fourth-order valence-electron chi connectivity index (χ4n) is 12.6. The van der Waals surface area contributed by atoms with E-state index < -0.39 is 18.4 Å². The second-order valence-electron chi connectivity index (χ2n) is 29.1. The minimum absolute atomic E-state index is 0.174. The summed E-state index contributed by atoms with van der Waals surface area (Å²) in [4.78, 5) is 37.7. The van der Waals surface area contributed by atoms with E-state index in [-0.39, 0.29) is 38.2 Å². The van der Waals surface area contributed by atoms with Crippen LogP contribution < -0.4 is 0 Å². The minimum atomic E-state index is -1.51. The highest BCUT2D eigenvalue weighted by Gasteiger charge is 2.25. The molecule has 0 fully saturated rings. The van der Waals surface area contributed by atoms with Gasteiger partial charge in [-0.3, -0.25) is 9.59 Å². The molecule has 9 nitrogen and oxygen atoms in total. The molecule has 0 heterocycles. The smallest absolute Gasteiger partial charge is 0.361 e. The van der Waals surface area contributed by atoms with Crippen LogP contribution in [0.5, 0.6) is 0 Å². The van der Waals surface area contributed by atoms with Crippen molar-refractivity contribution in [2.75, 3.05) is 47.5 Å². The van der Waals surface area contributed by atoms with Gasteiger partial charge in [0.15, 0.2) is 6.10 Å². The van der Waals surface area contributed by atoms with Gasteiger partial charge in [-0.25, -0.2) is 4.79 Å². The predicted octanol–water partition coefficient (Wildman–Crippen LogP) is 25.5. The number of rotatable bonds is 77. The number of unbranched alkanes of at least 4 members (excludes halogenated alkanes) is 60. The first-order valence-electron chi connectivity index (χ1n) is 40.4. The summed E-state index contributed by atoms with van der Waals surface area (Å²) in [5.74, 6) is -1.97. The lowest BCUT2D eigenvalue weighted by Gasteiger charge is -2.25. The molecule has 0 amide bonds. The Bertz CT molecular complexity index is 1480. The number of nitrogens with zero attached hydrogens (tertiary/aromatic N) is 1. The summed E-state index contributed by atoms with van der Waals surface area (Å²) in [6.07, 6.45) is 88.1. The first-order valence-corrected chi connectivity index (χ1v) is 40.4. The number of esters is 2. The van der Waals surface area contributed by atoms with Crippen LogP contribution in [0, 0.1) is 0 Å². The number of likely N-dealkylation sites (N-methyl/N-ethyl adjacent to an activating group) is 1. The van der Waals surface area contributed by atoms with Gasteiger partial charge in [0.2, 0.25) is 0 Å². The molecule has 0 saturated heterocycles. The summed E-state index contributed by atoms with van der Waals surface area (Å²) in [6.45, 7) is 4.97. The van der Waals surface area contributed by atoms with E-state index in [9.17, 15) is 19.5 Å². The van der Waals surface area contributed by atoms with Crippen LogP contribution in [0.2, 0.25) is 0 Å². The molecular formula is C81H158NO8+. The minimum Gasteiger partial charge on any atom is -0.477 e. The molecule has 0 aromatic rings. The molecule has 90 heavy (non-hydrogen) atoms. The molecule has 0 aliphatic carbocycles. The van der Waals surface area contributed by atoms with E-state index in [0.29, 0.717) is 17.4 Å². The molecule has 0 aromatic carbocycles. The third-order valence-electron chi connectivity index (χ3n) is 18.8. The third kappa shape index (κ3) is 73.4. The van der Waals surface area contributed by atoms with Gasteiger partial charge in [-0.15, -0.1) is 0 Å². The van der Waals surface area contributed by atoms with Crippen LogP contribution >= 0.6 is 0 Å². The van der Waals surface area contributed by atoms with Crippen molar-refractivity contribution in [3.8, 4) is 0 Å². The number of hydrogen-bond donors (Lipinski definition) is 1. The Kier molecular flexibility index (Phi) is 71.3. The van der Waals surface area contributed by atoms with E-state index in [4.69, 9.17) is 18.9 Å². The molecule has 0 rings (SSSR count). The molecule has 0 saturated carbocycles. The highest BCUT2D eigenvalue weighted by atomic mass is 16.7. The summed E-state index contributed by atoms with van der Waals surface area (Å²) in [7, 11) is 6.00. The third-order valence-corrected chi connectivity index (χ3v) is 18.8. The summed E-state index contributed by atoms with van der Waals surface area (Å²) in [6, 6.07) is 0. The Morgan fingerprint density at radius 2 is 0.567 bits per heavy atom. The first kappa shape index (κ1) is 88.0. The molecule has 2 unspecified atom stereocenters. The van der Waals surface area contributed by atoms with Crippen molar-refractivity contribution in [2.24, 2.45) is 0 Å². The summed E-state index contributed by atoms with van der Waals surface area (Å²) >= 11 is 0. The first-order chi connectivity index (χ1) is 44.1. The van der Waals surface area contributed by atoms with Gasteiger partial charge in [-0.2, -0.15) is 0 Å². The maximum absolute atomic E-state index is 13.0. The van der Waals surface area contributed by atoms with Crippen molar-refractivity contribution < 1.29 is 42.9 Å². The van der Waals surface area contributed by atoms with E-state index in [2.05, 4.69) is 26.0 Å². The summed E-state index contributed by atoms with van der Waals surface area (Å²) in [5, 5.41) is 9.77. The highest BCUT2D eigenvalue weighted by Crippen LogP contribution is 2.20. The second-order valence-corrected chi connectivity index (χ2v) is 29.1. The van der Waals surface area contributed by atoms with E-state index in [0.717, 1.165) is 38.5 Å². The number of hydrogen-bond acceptors (Lipinski definition) is 7. The quantitative estimate of drug-likeness (QED) is 0.0211. The fraction of sp³-hybridized carbons (Fsp3) is 0.938. The van der Waals surface area contributed by atoms with Gasteiger partial charge < -0.3 is 28.5 Å². The fourth-order valence-corrected chi connectivity index (χ4v) is 12.6. The Labute approximate surface area is 561 Å². The van der Waals surface area contributed by atoms with Gasteiger partial charge in [-0.05, 0) is 38.5 Å². The summed E-state index contributed by atoms with van der Waals surface area (Å²) < 4.78 is 23.1. The predicted molar refractivity (Wildman–Crippen MR) is 388 cm³/mol. The van der Waals surface area contributed by atoms with Gasteiger partial charge in [0, 0.05) is 12.8 Å². The maximum atomic E-state index is 13.0. The van der Waals surface area contributed by atoms with E-state index in [1.807, 2.05) is 21.1 Å². The molecule has 0 aliphatic heterocycles. The van der Waals surface area contributed by atoms with Crippen molar-refractivity contribution in [2.45, 2.75) is 444 Å². The normalized spacial score (nSPS) is 12.6. The number of quaternary nitrogens is 1. The lowest BCUT2D eigenvalue weighted by Crippen LogP contribution is -2.40. The topological polar surface area (TPSA) is 108 Å². The highest BCUT2D eigenvalue weighted by molar-refractivity contribution is 5.71. The van der Waals surface area contributed by atoms with Crippen LogP contribution in [0.25, 0.3) is 0 Å². The molecule has 534 valence electrons. The van der Waals surface area contributed by atoms with Gasteiger partial charge in [0.25, 0.3) is 6.29 Å². The van der Waals surface area contributed by atoms with Crippen LogP contribution in [-0.4, -0.2) is 87.4 Å². The Balaban J connectivity index is 3.93. The van der Waals surface area contributed by atoms with E-state index >= 15 is 0 Å². The Morgan fingerprint density at radius 1 is 0.322 bits per heavy atom. The number of allylic oxidation sites excluding steroid dienone is 2. The monoisotopic (exact) mass is 1270 g/mol. The van der Waals surface area contributed by atoms with E-state index in [1.54, 1.807) is 0 Å². The van der Waals surface area contributed by atoms with Crippen molar-refractivity contribution in [3.05, 3.63) is 12.2 Å². The number of carboxylic acid groups (broad SMARTS) is 1. The molecule has 0 aliphatic rings. The maximum Gasteiger partial charge on any atom is 0.361 e. The van der Waals surface area contributed by atoms with Gasteiger partial charge in [0.1, 0.15) is 13.2 Å². The molecular weight excluding hydrogens is 1110 g/mol. The largest absolute Gasteiger partial charge is 0.477 e. The average molecular weight is 1270 g/mol. The number of aliphatic carboxylic acids is 1. The molecule has 9 heteroatoms. The van der Waals surface area contributed by atoms with Gasteiger partial charge in [-0.1, -0.05) is 392 Å². The SMILES string of the molecule is CCCCCCCCCC/C=C\CCCCCCCCCCCCCCCCCC(=O)OC(COC(=O)CCCCCCCCCCCCCCCCCCCCCCCCCCCCCCCCCCCCCCCC)COC(OCC[N+](C)(C)C)C(=O)O. The molecule has 0 spiro atoms.